The van der Waals surface area contributed by atoms with Crippen LogP contribution in [0.2, 0.25) is 0 Å². The number of ether oxygens (including phenoxy) is 1. The topological polar surface area (TPSA) is 42.8 Å². The zero-order valence-electron chi connectivity index (χ0n) is 11.8. The van der Waals surface area contributed by atoms with Gasteiger partial charge in [-0.1, -0.05) is 15.9 Å². The van der Waals surface area contributed by atoms with Crippen LogP contribution in [0, 0.1) is 6.92 Å². The number of carbonyl (C=O) groups is 1. The fourth-order valence-corrected chi connectivity index (χ4v) is 2.11. The molecule has 4 nitrogen and oxygen atoms in total. The molecule has 0 aliphatic carbocycles. The van der Waals surface area contributed by atoms with E-state index in [1.54, 1.807) is 0 Å². The highest BCUT2D eigenvalue weighted by Crippen LogP contribution is 2.21. The van der Waals surface area contributed by atoms with Crippen LogP contribution in [0.4, 0.5) is 0 Å². The number of aryl methyl sites for hydroxylation is 1. The Morgan fingerprint density at radius 2 is 2.16 bits per heavy atom. The number of rotatable bonds is 7. The summed E-state index contributed by atoms with van der Waals surface area (Å²) in [5.41, 5.74) is 1.01. The quantitative estimate of drug-likeness (QED) is 0.726. The summed E-state index contributed by atoms with van der Waals surface area (Å²) in [5, 5.41) is 2.85. The number of carbonyl (C=O) groups excluding carboxylic acids is 1. The molecule has 5 heteroatoms. The molecule has 1 aromatic rings. The van der Waals surface area contributed by atoms with Crippen molar-refractivity contribution in [2.24, 2.45) is 0 Å². The molecule has 0 aromatic heterocycles. The zero-order valence-corrected chi connectivity index (χ0v) is 13.3. The van der Waals surface area contributed by atoms with Crippen molar-refractivity contribution in [3.8, 4) is 5.75 Å². The average Bonchev–Trinajstić information content (AvgIpc) is 2.33. The first-order chi connectivity index (χ1) is 8.99. The summed E-state index contributed by atoms with van der Waals surface area (Å²) < 4.78 is 6.50. The van der Waals surface area contributed by atoms with Crippen LogP contribution in [0.1, 0.15) is 12.0 Å². The van der Waals surface area contributed by atoms with E-state index in [1.807, 2.05) is 25.1 Å². The van der Waals surface area contributed by atoms with E-state index in [9.17, 15) is 4.79 Å². The molecule has 0 aliphatic rings. The van der Waals surface area contributed by atoms with Crippen molar-refractivity contribution >= 4 is 21.8 Å². The van der Waals surface area contributed by atoms with E-state index in [0.29, 0.717) is 6.54 Å². The summed E-state index contributed by atoms with van der Waals surface area (Å²) in [6.45, 7) is 3.77. The van der Waals surface area contributed by atoms with Crippen LogP contribution in [0.5, 0.6) is 5.75 Å². The van der Waals surface area contributed by atoms with Crippen LogP contribution in [0.3, 0.4) is 0 Å². The standard InChI is InChI=1S/C14H21BrN2O2/c1-11-9-12(15)5-6-13(11)19-10-14(18)16-7-4-8-17(2)3/h5-6,9H,4,7-8,10H2,1-3H3,(H,16,18)/p+1. The van der Waals surface area contributed by atoms with Crippen molar-refractivity contribution in [1.29, 1.82) is 0 Å². The van der Waals surface area contributed by atoms with Gasteiger partial charge in [0.25, 0.3) is 5.91 Å². The molecule has 2 N–H and O–H groups in total. The number of halogens is 1. The number of nitrogens with one attached hydrogen (secondary N) is 2. The molecule has 106 valence electrons. The summed E-state index contributed by atoms with van der Waals surface area (Å²) in [6, 6.07) is 5.73. The molecule has 0 heterocycles. The molecule has 1 aromatic carbocycles. The Morgan fingerprint density at radius 3 is 2.79 bits per heavy atom. The molecule has 0 aliphatic heterocycles. The van der Waals surface area contributed by atoms with E-state index in [4.69, 9.17) is 4.74 Å². The fraction of sp³-hybridized carbons (Fsp3) is 0.500. The third kappa shape index (κ3) is 6.59. The van der Waals surface area contributed by atoms with Gasteiger partial charge in [0.15, 0.2) is 6.61 Å². The third-order valence-electron chi connectivity index (χ3n) is 2.67. The predicted molar refractivity (Wildman–Crippen MR) is 79.7 cm³/mol. The maximum absolute atomic E-state index is 11.6. The normalized spacial score (nSPS) is 10.6. The Bertz CT molecular complexity index is 422. The Morgan fingerprint density at radius 1 is 1.42 bits per heavy atom. The van der Waals surface area contributed by atoms with Gasteiger partial charge in [-0.15, -0.1) is 0 Å². The van der Waals surface area contributed by atoms with E-state index in [0.717, 1.165) is 28.8 Å². The maximum Gasteiger partial charge on any atom is 0.257 e. The minimum Gasteiger partial charge on any atom is -0.484 e. The van der Waals surface area contributed by atoms with Crippen molar-refractivity contribution in [2.75, 3.05) is 33.8 Å². The number of hydrogen-bond acceptors (Lipinski definition) is 2. The summed E-state index contributed by atoms with van der Waals surface area (Å²) >= 11 is 3.39. The SMILES string of the molecule is Cc1cc(Br)ccc1OCC(=O)NCCC[NH+](C)C. The fourth-order valence-electron chi connectivity index (χ4n) is 1.64. The van der Waals surface area contributed by atoms with Gasteiger partial charge in [0.1, 0.15) is 5.75 Å². The number of hydrogen-bond donors (Lipinski definition) is 2. The average molecular weight is 330 g/mol. The number of amides is 1. The monoisotopic (exact) mass is 329 g/mol. The smallest absolute Gasteiger partial charge is 0.257 e. The highest BCUT2D eigenvalue weighted by molar-refractivity contribution is 9.10. The summed E-state index contributed by atoms with van der Waals surface area (Å²) in [4.78, 5) is 13.0. The highest BCUT2D eigenvalue weighted by atomic mass is 79.9. The molecule has 0 saturated heterocycles. The van der Waals surface area contributed by atoms with Crippen molar-refractivity contribution in [3.05, 3.63) is 28.2 Å². The first kappa shape index (κ1) is 16.0. The molecule has 1 rings (SSSR count). The molecule has 0 atom stereocenters. The molecule has 0 spiro atoms. The predicted octanol–water partition coefficient (Wildman–Crippen LogP) is 0.787. The first-order valence-corrected chi connectivity index (χ1v) is 7.23. The highest BCUT2D eigenvalue weighted by Gasteiger charge is 2.05. The molecule has 19 heavy (non-hydrogen) atoms. The van der Waals surface area contributed by atoms with Gasteiger partial charge in [0.2, 0.25) is 0 Å². The number of quaternary nitrogens is 1. The molecule has 1 amide bonds. The zero-order chi connectivity index (χ0) is 14.3. The van der Waals surface area contributed by atoms with Gasteiger partial charge in [0, 0.05) is 17.4 Å². The summed E-state index contributed by atoms with van der Waals surface area (Å²) in [7, 11) is 4.20. The van der Waals surface area contributed by atoms with E-state index in [2.05, 4.69) is 35.3 Å². The molecular formula is C14H22BrN2O2+. The van der Waals surface area contributed by atoms with Crippen molar-refractivity contribution in [3.63, 3.8) is 0 Å². The second kappa shape index (κ2) is 8.17. The molecule has 0 saturated carbocycles. The van der Waals surface area contributed by atoms with Crippen LogP contribution < -0.4 is 15.0 Å². The van der Waals surface area contributed by atoms with Gasteiger partial charge >= 0.3 is 0 Å². The largest absolute Gasteiger partial charge is 0.484 e. The van der Waals surface area contributed by atoms with Gasteiger partial charge in [-0.3, -0.25) is 4.79 Å². The summed E-state index contributed by atoms with van der Waals surface area (Å²) in [5.74, 6) is 0.673. The second-order valence-electron chi connectivity index (χ2n) is 4.86. The van der Waals surface area contributed by atoms with Crippen LogP contribution in [-0.2, 0) is 4.79 Å². The van der Waals surface area contributed by atoms with Crippen LogP contribution in [-0.4, -0.2) is 39.7 Å². The maximum atomic E-state index is 11.6. The van der Waals surface area contributed by atoms with Crippen LogP contribution in [0.15, 0.2) is 22.7 Å². The molecule has 0 fully saturated rings. The lowest BCUT2D eigenvalue weighted by Gasteiger charge is -2.10. The van der Waals surface area contributed by atoms with E-state index < -0.39 is 0 Å². The van der Waals surface area contributed by atoms with Gasteiger partial charge in [0.05, 0.1) is 20.6 Å². The Kier molecular flexibility index (Phi) is 6.87. The van der Waals surface area contributed by atoms with E-state index >= 15 is 0 Å². The lowest BCUT2D eigenvalue weighted by molar-refractivity contribution is -0.858. The lowest BCUT2D eigenvalue weighted by atomic mass is 10.2. The third-order valence-corrected chi connectivity index (χ3v) is 3.16. The minimum atomic E-state index is -0.0731. The Balaban J connectivity index is 2.26. The molecular weight excluding hydrogens is 308 g/mol. The Hall–Kier alpha value is -1.07. The lowest BCUT2D eigenvalue weighted by Crippen LogP contribution is -3.05. The molecule has 0 unspecified atom stereocenters. The van der Waals surface area contributed by atoms with Crippen molar-refractivity contribution in [1.82, 2.24) is 5.32 Å². The second-order valence-corrected chi connectivity index (χ2v) is 5.77. The van der Waals surface area contributed by atoms with Gasteiger partial charge < -0.3 is 15.0 Å². The molecule has 0 radical (unpaired) electrons. The van der Waals surface area contributed by atoms with E-state index in [-0.39, 0.29) is 12.5 Å². The van der Waals surface area contributed by atoms with Gasteiger partial charge in [-0.2, -0.15) is 0 Å². The summed E-state index contributed by atoms with van der Waals surface area (Å²) in [6.07, 6.45) is 0.978. The Labute approximate surface area is 123 Å². The first-order valence-electron chi connectivity index (χ1n) is 6.43. The molecule has 0 bridgehead atoms. The number of benzene rings is 1. The van der Waals surface area contributed by atoms with Crippen molar-refractivity contribution < 1.29 is 14.4 Å². The minimum absolute atomic E-state index is 0.0668. The van der Waals surface area contributed by atoms with Crippen LogP contribution in [0.25, 0.3) is 0 Å². The van der Waals surface area contributed by atoms with Gasteiger partial charge in [-0.05, 0) is 30.7 Å². The van der Waals surface area contributed by atoms with Gasteiger partial charge in [-0.25, -0.2) is 0 Å². The van der Waals surface area contributed by atoms with E-state index in [1.165, 1.54) is 4.90 Å². The van der Waals surface area contributed by atoms with Crippen molar-refractivity contribution in [2.45, 2.75) is 13.3 Å². The van der Waals surface area contributed by atoms with Crippen LogP contribution >= 0.6 is 15.9 Å².